The number of carbonyl (C=O) groups is 1. The average Bonchev–Trinajstić information content (AvgIpc) is 3.52. The zero-order valence-electron chi connectivity index (χ0n) is 15.5. The van der Waals surface area contributed by atoms with Crippen LogP contribution in [0.2, 0.25) is 0 Å². The minimum atomic E-state index is -0.0907. The molecule has 0 spiro atoms. The number of rotatable bonds is 3. The van der Waals surface area contributed by atoms with E-state index in [0.29, 0.717) is 43.2 Å². The van der Waals surface area contributed by atoms with Crippen LogP contribution in [-0.4, -0.2) is 48.6 Å². The average molecular weight is 375 g/mol. The van der Waals surface area contributed by atoms with Crippen molar-refractivity contribution in [3.63, 3.8) is 0 Å². The zero-order chi connectivity index (χ0) is 19.1. The Morgan fingerprint density at radius 1 is 1.07 bits per heavy atom. The number of nitrogen functional groups attached to an aromatic ring is 1. The highest BCUT2D eigenvalue weighted by Crippen LogP contribution is 2.38. The van der Waals surface area contributed by atoms with Crippen molar-refractivity contribution in [1.82, 2.24) is 29.6 Å². The van der Waals surface area contributed by atoms with E-state index in [0.717, 1.165) is 17.2 Å². The summed E-state index contributed by atoms with van der Waals surface area (Å²) >= 11 is 0. The molecule has 142 valence electrons. The molecule has 5 rings (SSSR count). The van der Waals surface area contributed by atoms with E-state index in [1.54, 1.807) is 0 Å². The lowest BCUT2D eigenvalue weighted by atomic mass is 10.1. The maximum absolute atomic E-state index is 13.3. The molecule has 3 heterocycles. The Balaban J connectivity index is 1.40. The molecule has 1 aromatic carbocycles. The molecular formula is C20H21N7O. The number of hydrogen-bond donors (Lipinski definition) is 1. The summed E-state index contributed by atoms with van der Waals surface area (Å²) in [6.07, 6.45) is 4.60. The molecule has 0 radical (unpaired) electrons. The van der Waals surface area contributed by atoms with Gasteiger partial charge in [-0.25, -0.2) is 19.6 Å². The number of benzene rings is 1. The fraction of sp³-hybridized carbons (Fsp3) is 0.350. The van der Waals surface area contributed by atoms with Crippen LogP contribution in [0, 0.1) is 0 Å². The van der Waals surface area contributed by atoms with Crippen molar-refractivity contribution >= 4 is 11.9 Å². The van der Waals surface area contributed by atoms with Gasteiger partial charge in [0.2, 0.25) is 5.95 Å². The molecule has 1 fully saturated rings. The molecule has 8 heteroatoms. The van der Waals surface area contributed by atoms with Crippen LogP contribution in [-0.2, 0) is 13.0 Å². The Morgan fingerprint density at radius 3 is 2.68 bits per heavy atom. The summed E-state index contributed by atoms with van der Waals surface area (Å²) in [5.41, 5.74) is 7.66. The maximum Gasteiger partial charge on any atom is 0.257 e. The number of anilines is 1. The Labute approximate surface area is 162 Å². The van der Waals surface area contributed by atoms with Gasteiger partial charge >= 0.3 is 0 Å². The molecule has 0 saturated heterocycles. The third-order valence-electron chi connectivity index (χ3n) is 5.27. The Bertz CT molecular complexity index is 1000. The summed E-state index contributed by atoms with van der Waals surface area (Å²) in [6, 6.07) is 9.58. The molecule has 3 aromatic rings. The van der Waals surface area contributed by atoms with E-state index in [4.69, 9.17) is 5.73 Å². The van der Waals surface area contributed by atoms with Gasteiger partial charge in [-0.1, -0.05) is 30.3 Å². The lowest BCUT2D eigenvalue weighted by molar-refractivity contribution is 0.0758. The monoisotopic (exact) mass is 375 g/mol. The Morgan fingerprint density at radius 2 is 1.89 bits per heavy atom. The van der Waals surface area contributed by atoms with Crippen molar-refractivity contribution in [3.05, 3.63) is 53.7 Å². The molecule has 2 aliphatic rings. The quantitative estimate of drug-likeness (QED) is 0.750. The van der Waals surface area contributed by atoms with Crippen LogP contribution >= 0.6 is 0 Å². The van der Waals surface area contributed by atoms with Gasteiger partial charge < -0.3 is 10.6 Å². The van der Waals surface area contributed by atoms with Gasteiger partial charge in [0.1, 0.15) is 5.82 Å². The largest absolute Gasteiger partial charge is 0.368 e. The summed E-state index contributed by atoms with van der Waals surface area (Å²) in [4.78, 5) is 28.2. The number of carbonyl (C=O) groups excluding carboxylic acids is 1. The molecule has 1 aliphatic heterocycles. The van der Waals surface area contributed by atoms with Crippen molar-refractivity contribution in [1.29, 1.82) is 0 Å². The van der Waals surface area contributed by atoms with Crippen LogP contribution in [0.3, 0.4) is 0 Å². The predicted octanol–water partition coefficient (Wildman–Crippen LogP) is 1.89. The van der Waals surface area contributed by atoms with Crippen molar-refractivity contribution < 1.29 is 4.79 Å². The number of aromatic nitrogens is 5. The minimum absolute atomic E-state index is 0.0907. The first-order chi connectivity index (χ1) is 13.7. The summed E-state index contributed by atoms with van der Waals surface area (Å²) in [5.74, 6) is 2.54. The standard InChI is InChI=1S/C20H21N7O/c21-20-22-12-15(17(24-20)13-4-2-1-3-5-13)19(28)26-9-8-16-23-18(14-6-7-14)25-27(16)11-10-26/h1-5,12,14H,6-11H2,(H2,21,22,24). The highest BCUT2D eigenvalue weighted by Gasteiger charge is 2.30. The van der Waals surface area contributed by atoms with Crippen LogP contribution in [0.1, 0.15) is 40.8 Å². The van der Waals surface area contributed by atoms with E-state index in [9.17, 15) is 4.79 Å². The van der Waals surface area contributed by atoms with Crippen molar-refractivity contribution in [2.45, 2.75) is 31.7 Å². The molecule has 0 atom stereocenters. The first-order valence-corrected chi connectivity index (χ1v) is 9.60. The lowest BCUT2D eigenvalue weighted by Crippen LogP contribution is -2.34. The van der Waals surface area contributed by atoms with Gasteiger partial charge in [0.15, 0.2) is 5.82 Å². The number of hydrogen-bond acceptors (Lipinski definition) is 6. The summed E-state index contributed by atoms with van der Waals surface area (Å²) < 4.78 is 1.96. The summed E-state index contributed by atoms with van der Waals surface area (Å²) in [6.45, 7) is 1.83. The van der Waals surface area contributed by atoms with Gasteiger partial charge in [0.05, 0.1) is 17.8 Å². The number of fused-ring (bicyclic) bond motifs is 1. The van der Waals surface area contributed by atoms with Gasteiger partial charge in [-0.05, 0) is 12.8 Å². The van der Waals surface area contributed by atoms with Crippen LogP contribution < -0.4 is 5.73 Å². The smallest absolute Gasteiger partial charge is 0.257 e. The fourth-order valence-corrected chi connectivity index (χ4v) is 3.58. The van der Waals surface area contributed by atoms with Crippen molar-refractivity contribution in [2.24, 2.45) is 0 Å². The highest BCUT2D eigenvalue weighted by atomic mass is 16.2. The molecule has 0 bridgehead atoms. The van der Waals surface area contributed by atoms with E-state index in [2.05, 4.69) is 20.1 Å². The first kappa shape index (κ1) is 16.9. The fourth-order valence-electron chi connectivity index (χ4n) is 3.58. The molecule has 1 saturated carbocycles. The second-order valence-electron chi connectivity index (χ2n) is 7.28. The van der Waals surface area contributed by atoms with Gasteiger partial charge in [-0.2, -0.15) is 5.10 Å². The lowest BCUT2D eigenvalue weighted by Gasteiger charge is -2.21. The van der Waals surface area contributed by atoms with Crippen LogP contribution in [0.25, 0.3) is 11.3 Å². The predicted molar refractivity (Wildman–Crippen MR) is 103 cm³/mol. The topological polar surface area (TPSA) is 103 Å². The number of amides is 1. The van der Waals surface area contributed by atoms with E-state index in [1.165, 1.54) is 19.0 Å². The number of nitrogens with zero attached hydrogens (tertiary/aromatic N) is 6. The van der Waals surface area contributed by atoms with Gasteiger partial charge in [0.25, 0.3) is 5.91 Å². The van der Waals surface area contributed by atoms with E-state index >= 15 is 0 Å². The minimum Gasteiger partial charge on any atom is -0.368 e. The van der Waals surface area contributed by atoms with Gasteiger partial charge in [-0.15, -0.1) is 0 Å². The van der Waals surface area contributed by atoms with E-state index in [1.807, 2.05) is 39.9 Å². The number of nitrogens with two attached hydrogens (primary N) is 1. The molecular weight excluding hydrogens is 354 g/mol. The molecule has 2 N–H and O–H groups in total. The molecule has 8 nitrogen and oxygen atoms in total. The van der Waals surface area contributed by atoms with E-state index < -0.39 is 0 Å². The third kappa shape index (κ3) is 3.11. The molecule has 28 heavy (non-hydrogen) atoms. The van der Waals surface area contributed by atoms with Crippen LogP contribution in [0.4, 0.5) is 5.95 Å². The molecule has 1 amide bonds. The zero-order valence-corrected chi connectivity index (χ0v) is 15.5. The van der Waals surface area contributed by atoms with Gasteiger partial charge in [-0.3, -0.25) is 4.79 Å². The second kappa shape index (κ2) is 6.70. The molecule has 0 unspecified atom stereocenters. The summed E-state index contributed by atoms with van der Waals surface area (Å²) in [5, 5.41) is 4.64. The van der Waals surface area contributed by atoms with Crippen molar-refractivity contribution in [3.8, 4) is 11.3 Å². The SMILES string of the molecule is Nc1ncc(C(=O)N2CCc3nc(C4CC4)nn3CC2)c(-c2ccccc2)n1. The van der Waals surface area contributed by atoms with Crippen LogP contribution in [0.15, 0.2) is 36.5 Å². The summed E-state index contributed by atoms with van der Waals surface area (Å²) in [7, 11) is 0. The second-order valence-corrected chi connectivity index (χ2v) is 7.28. The molecule has 2 aromatic heterocycles. The van der Waals surface area contributed by atoms with E-state index in [-0.39, 0.29) is 11.9 Å². The Kier molecular flexibility index (Phi) is 4.03. The highest BCUT2D eigenvalue weighted by molar-refractivity contribution is 5.99. The Hall–Kier alpha value is -3.29. The molecule has 1 aliphatic carbocycles. The van der Waals surface area contributed by atoms with Gasteiger partial charge in [0, 0.05) is 37.2 Å². The van der Waals surface area contributed by atoms with Crippen LogP contribution in [0.5, 0.6) is 0 Å². The third-order valence-corrected chi connectivity index (χ3v) is 5.27. The maximum atomic E-state index is 13.3. The van der Waals surface area contributed by atoms with Crippen molar-refractivity contribution in [2.75, 3.05) is 18.8 Å². The normalized spacial score (nSPS) is 16.5. The first-order valence-electron chi connectivity index (χ1n) is 9.60.